The number of anilines is 1. The maximum Gasteiger partial charge on any atom is 0.407 e. The molecule has 194 valence electrons. The van der Waals surface area contributed by atoms with Crippen LogP contribution in [0.5, 0.6) is 0 Å². The molecule has 0 atom stereocenters. The van der Waals surface area contributed by atoms with E-state index in [1.165, 1.54) is 12.1 Å². The van der Waals surface area contributed by atoms with Crippen LogP contribution in [0.15, 0.2) is 65.8 Å². The SMILES string of the molecule is Nc1nc(Cl)nc2c1ncn2CCCCOC(=O)NCc1ccc(S(=O)(=O)NCc2ccccc2)cc1. The molecule has 1 amide bonds. The molecule has 11 nitrogen and oxygen atoms in total. The number of benzene rings is 2. The molecule has 4 N–H and O–H groups in total. The zero-order valence-electron chi connectivity index (χ0n) is 19.8. The van der Waals surface area contributed by atoms with E-state index in [-0.39, 0.29) is 35.7 Å². The monoisotopic (exact) mass is 543 g/mol. The number of fused-ring (bicyclic) bond motifs is 1. The Morgan fingerprint density at radius 2 is 1.73 bits per heavy atom. The lowest BCUT2D eigenvalue weighted by Crippen LogP contribution is -2.25. The summed E-state index contributed by atoms with van der Waals surface area (Å²) >= 11 is 5.87. The number of nitrogens with zero attached hydrogens (tertiary/aromatic N) is 4. The highest BCUT2D eigenvalue weighted by atomic mass is 35.5. The lowest BCUT2D eigenvalue weighted by molar-refractivity contribution is 0.143. The second kappa shape index (κ2) is 12.0. The van der Waals surface area contributed by atoms with E-state index in [1.54, 1.807) is 18.5 Å². The predicted molar refractivity (Wildman–Crippen MR) is 139 cm³/mol. The van der Waals surface area contributed by atoms with Crippen LogP contribution in [-0.2, 0) is 34.4 Å². The van der Waals surface area contributed by atoms with E-state index < -0.39 is 16.1 Å². The minimum atomic E-state index is -3.64. The van der Waals surface area contributed by atoms with Crippen molar-refractivity contribution < 1.29 is 17.9 Å². The number of imidazole rings is 1. The number of ether oxygens (including phenoxy) is 1. The lowest BCUT2D eigenvalue weighted by atomic mass is 10.2. The van der Waals surface area contributed by atoms with Gasteiger partial charge in [-0.15, -0.1) is 0 Å². The van der Waals surface area contributed by atoms with E-state index >= 15 is 0 Å². The summed E-state index contributed by atoms with van der Waals surface area (Å²) in [6.07, 6.45) is 2.41. The van der Waals surface area contributed by atoms with Crippen LogP contribution in [0.3, 0.4) is 0 Å². The number of aromatic nitrogens is 4. The molecule has 2 aromatic carbocycles. The quantitative estimate of drug-likeness (QED) is 0.192. The zero-order chi connectivity index (χ0) is 26.3. The summed E-state index contributed by atoms with van der Waals surface area (Å²) in [5.74, 6) is 0.227. The van der Waals surface area contributed by atoms with Crippen molar-refractivity contribution in [3.63, 3.8) is 0 Å². The van der Waals surface area contributed by atoms with Gasteiger partial charge in [-0.25, -0.2) is 22.9 Å². The summed E-state index contributed by atoms with van der Waals surface area (Å²) in [4.78, 5) is 24.4. The molecule has 37 heavy (non-hydrogen) atoms. The van der Waals surface area contributed by atoms with Crippen molar-refractivity contribution >= 4 is 44.7 Å². The van der Waals surface area contributed by atoms with Gasteiger partial charge in [-0.3, -0.25) is 0 Å². The molecular weight excluding hydrogens is 518 g/mol. The van der Waals surface area contributed by atoms with E-state index in [2.05, 4.69) is 25.0 Å². The second-order valence-electron chi connectivity index (χ2n) is 8.14. The van der Waals surface area contributed by atoms with Crippen LogP contribution in [0.25, 0.3) is 11.2 Å². The summed E-state index contributed by atoms with van der Waals surface area (Å²) in [7, 11) is -3.64. The fourth-order valence-electron chi connectivity index (χ4n) is 3.52. The number of hydrogen-bond acceptors (Lipinski definition) is 8. The summed E-state index contributed by atoms with van der Waals surface area (Å²) in [6, 6.07) is 15.6. The number of unbranched alkanes of at least 4 members (excludes halogenated alkanes) is 1. The van der Waals surface area contributed by atoms with Crippen LogP contribution in [-0.4, -0.2) is 40.6 Å². The number of amides is 1. The molecule has 0 radical (unpaired) electrons. The third-order valence-corrected chi connectivity index (χ3v) is 7.06. The molecule has 0 aliphatic carbocycles. The average Bonchev–Trinajstić information content (AvgIpc) is 3.30. The highest BCUT2D eigenvalue weighted by Gasteiger charge is 2.14. The molecule has 0 aliphatic rings. The van der Waals surface area contributed by atoms with Gasteiger partial charge in [0.05, 0.1) is 17.8 Å². The molecule has 0 bridgehead atoms. The topological polar surface area (TPSA) is 154 Å². The Morgan fingerprint density at radius 3 is 2.49 bits per heavy atom. The van der Waals surface area contributed by atoms with Crippen molar-refractivity contribution in [3.05, 3.63) is 77.3 Å². The first-order chi connectivity index (χ1) is 17.8. The van der Waals surface area contributed by atoms with Crippen LogP contribution in [0.4, 0.5) is 10.6 Å². The summed E-state index contributed by atoms with van der Waals surface area (Å²) in [5.41, 5.74) is 8.46. The van der Waals surface area contributed by atoms with Gasteiger partial charge in [0.15, 0.2) is 11.5 Å². The van der Waals surface area contributed by atoms with E-state index in [0.29, 0.717) is 30.6 Å². The van der Waals surface area contributed by atoms with Gasteiger partial charge in [-0.1, -0.05) is 42.5 Å². The zero-order valence-corrected chi connectivity index (χ0v) is 21.4. The highest BCUT2D eigenvalue weighted by Crippen LogP contribution is 2.18. The molecular formula is C24H26ClN7O4S. The Morgan fingerprint density at radius 1 is 1.00 bits per heavy atom. The van der Waals surface area contributed by atoms with E-state index in [0.717, 1.165) is 11.1 Å². The number of hydrogen-bond donors (Lipinski definition) is 3. The number of nitrogen functional groups attached to an aromatic ring is 1. The van der Waals surface area contributed by atoms with E-state index in [4.69, 9.17) is 22.1 Å². The number of carbonyl (C=O) groups is 1. The molecule has 0 unspecified atom stereocenters. The third-order valence-electron chi connectivity index (χ3n) is 5.47. The van der Waals surface area contributed by atoms with Gasteiger partial charge in [0.25, 0.3) is 0 Å². The molecule has 2 heterocycles. The molecule has 13 heteroatoms. The van der Waals surface area contributed by atoms with Crippen molar-refractivity contribution in [1.82, 2.24) is 29.6 Å². The Hall–Kier alpha value is -3.74. The van der Waals surface area contributed by atoms with Crippen molar-refractivity contribution in [2.24, 2.45) is 0 Å². The number of nitrogens with one attached hydrogen (secondary N) is 2. The van der Waals surface area contributed by atoms with Crippen LogP contribution in [0, 0.1) is 0 Å². The molecule has 0 fully saturated rings. The second-order valence-corrected chi connectivity index (χ2v) is 10.2. The van der Waals surface area contributed by atoms with Gasteiger partial charge in [0.1, 0.15) is 5.52 Å². The van der Waals surface area contributed by atoms with Crippen molar-refractivity contribution in [3.8, 4) is 0 Å². The number of rotatable bonds is 11. The average molecular weight is 544 g/mol. The molecule has 4 aromatic rings. The number of alkyl carbamates (subject to hydrolysis) is 1. The van der Waals surface area contributed by atoms with Gasteiger partial charge in [-0.2, -0.15) is 9.97 Å². The van der Waals surface area contributed by atoms with E-state index in [9.17, 15) is 13.2 Å². The number of aryl methyl sites for hydroxylation is 1. The normalized spacial score (nSPS) is 11.5. The molecule has 0 aliphatic heterocycles. The first kappa shape index (κ1) is 26.3. The molecule has 0 spiro atoms. The Balaban J connectivity index is 1.16. The van der Waals surface area contributed by atoms with Gasteiger partial charge in [0.2, 0.25) is 15.3 Å². The highest BCUT2D eigenvalue weighted by molar-refractivity contribution is 7.89. The summed E-state index contributed by atoms with van der Waals surface area (Å²) in [6.45, 7) is 1.25. The minimum Gasteiger partial charge on any atom is -0.450 e. The molecule has 0 saturated carbocycles. The maximum atomic E-state index is 12.5. The van der Waals surface area contributed by atoms with Gasteiger partial charge in [0, 0.05) is 19.6 Å². The number of carbonyl (C=O) groups excluding carboxylic acids is 1. The van der Waals surface area contributed by atoms with Crippen LogP contribution in [0.2, 0.25) is 5.28 Å². The summed E-state index contributed by atoms with van der Waals surface area (Å²) < 4.78 is 34.6. The van der Waals surface area contributed by atoms with Crippen LogP contribution < -0.4 is 15.8 Å². The smallest absolute Gasteiger partial charge is 0.407 e. The molecule has 0 saturated heterocycles. The summed E-state index contributed by atoms with van der Waals surface area (Å²) in [5, 5.41) is 2.72. The molecule has 2 aromatic heterocycles. The fourth-order valence-corrected chi connectivity index (χ4v) is 4.71. The Kier molecular flexibility index (Phi) is 8.54. The third kappa shape index (κ3) is 7.15. The number of halogens is 1. The maximum absolute atomic E-state index is 12.5. The largest absolute Gasteiger partial charge is 0.450 e. The number of nitrogens with two attached hydrogens (primary N) is 1. The van der Waals surface area contributed by atoms with Crippen molar-refractivity contribution in [1.29, 1.82) is 0 Å². The van der Waals surface area contributed by atoms with Crippen LogP contribution >= 0.6 is 11.6 Å². The predicted octanol–water partition coefficient (Wildman–Crippen LogP) is 3.25. The molecule has 4 rings (SSSR count). The van der Waals surface area contributed by atoms with Crippen molar-refractivity contribution in [2.45, 2.75) is 37.4 Å². The van der Waals surface area contributed by atoms with E-state index in [1.807, 2.05) is 34.9 Å². The van der Waals surface area contributed by atoms with Gasteiger partial charge < -0.3 is 20.4 Å². The van der Waals surface area contributed by atoms with Crippen molar-refractivity contribution in [2.75, 3.05) is 12.3 Å². The number of sulfonamides is 1. The van der Waals surface area contributed by atoms with Crippen LogP contribution in [0.1, 0.15) is 24.0 Å². The fraction of sp³-hybridized carbons (Fsp3) is 0.250. The van der Waals surface area contributed by atoms with Gasteiger partial charge >= 0.3 is 6.09 Å². The first-order valence-corrected chi connectivity index (χ1v) is 13.3. The lowest BCUT2D eigenvalue weighted by Gasteiger charge is -2.09. The first-order valence-electron chi connectivity index (χ1n) is 11.5. The Bertz CT molecular complexity index is 1460. The van der Waals surface area contributed by atoms with Gasteiger partial charge in [-0.05, 0) is 47.7 Å². The minimum absolute atomic E-state index is 0.0581. The standard InChI is InChI=1S/C24H26ClN7O4S/c25-23-30-21(26)20-22(31-23)32(16-28-20)12-4-5-13-36-24(33)27-14-18-8-10-19(11-9-18)37(34,35)29-15-17-6-2-1-3-7-17/h1-3,6-11,16,29H,4-5,12-15H2,(H,27,33)(H2,26,30,31). The Labute approximate surface area is 219 Å².